The molecule has 14 heteroatoms. The lowest BCUT2D eigenvalue weighted by Crippen LogP contribution is -2.59. The van der Waals surface area contributed by atoms with Gasteiger partial charge in [-0.05, 0) is 91.1 Å². The third-order valence-corrected chi connectivity index (χ3v) is 14.6. The van der Waals surface area contributed by atoms with E-state index in [-0.39, 0.29) is 55.8 Å². The average Bonchev–Trinajstić information content (AvgIpc) is 3.71. The fourth-order valence-corrected chi connectivity index (χ4v) is 11.5. The molecule has 3 saturated heterocycles. The van der Waals surface area contributed by atoms with Crippen molar-refractivity contribution in [3.05, 3.63) is 70.5 Å². The van der Waals surface area contributed by atoms with Crippen molar-refractivity contribution in [2.24, 2.45) is 7.05 Å². The van der Waals surface area contributed by atoms with Gasteiger partial charge in [0.2, 0.25) is 0 Å². The van der Waals surface area contributed by atoms with E-state index in [0.29, 0.717) is 36.4 Å². The first-order chi connectivity index (χ1) is 28.0. The first-order valence-electron chi connectivity index (χ1n) is 20.5. The summed E-state index contributed by atoms with van der Waals surface area (Å²) in [4.78, 5) is 30.6. The summed E-state index contributed by atoms with van der Waals surface area (Å²) >= 11 is 0. The molecule has 2 unspecified atom stereocenters. The molecule has 2 atom stereocenters. The van der Waals surface area contributed by atoms with Crippen LogP contribution < -0.4 is 9.46 Å². The number of allylic oxidation sites excluding steroid dienone is 1. The lowest BCUT2D eigenvalue weighted by Gasteiger charge is -2.50. The van der Waals surface area contributed by atoms with Crippen molar-refractivity contribution in [3.8, 4) is 29.4 Å². The minimum Gasteiger partial charge on any atom is -0.497 e. The SMILES string of the molecule is C#CC1(O)CC2CCCC(C1)N2C(=O)c1cnn(C)c1C1=Cc2cc(OC)ccc2-c2c(C3CCCCC3)c3ccc(C(=O)NS(=O)(=O)N4CCOCC4)cc3n2C1. The number of terminal acetylenes is 1. The Balaban J connectivity index is 1.18. The number of hydrogen-bond donors (Lipinski definition) is 2. The summed E-state index contributed by atoms with van der Waals surface area (Å²) in [5.41, 5.74) is 5.97. The molecule has 13 nitrogen and oxygen atoms in total. The normalized spacial score (nSPS) is 24.0. The van der Waals surface area contributed by atoms with E-state index in [9.17, 15) is 23.1 Å². The van der Waals surface area contributed by atoms with Crippen molar-refractivity contribution in [1.82, 2.24) is 28.3 Å². The zero-order valence-electron chi connectivity index (χ0n) is 33.1. The number of morpholine rings is 1. The molecule has 4 fully saturated rings. The van der Waals surface area contributed by atoms with Crippen molar-refractivity contribution in [2.45, 2.75) is 94.4 Å². The van der Waals surface area contributed by atoms with Crippen molar-refractivity contribution in [3.63, 3.8) is 0 Å². The maximum absolute atomic E-state index is 14.8. The Morgan fingerprint density at radius 3 is 2.45 bits per heavy atom. The minimum absolute atomic E-state index is 0.131. The van der Waals surface area contributed by atoms with Gasteiger partial charge in [-0.15, -0.1) is 6.42 Å². The molecule has 58 heavy (non-hydrogen) atoms. The smallest absolute Gasteiger partial charge is 0.304 e. The van der Waals surface area contributed by atoms with Crippen LogP contribution in [0, 0.1) is 12.3 Å². The van der Waals surface area contributed by atoms with Gasteiger partial charge >= 0.3 is 10.2 Å². The number of rotatable bonds is 7. The van der Waals surface area contributed by atoms with Crippen LogP contribution in [0.2, 0.25) is 0 Å². The molecule has 6 heterocycles. The van der Waals surface area contributed by atoms with Crippen LogP contribution in [0.4, 0.5) is 0 Å². The van der Waals surface area contributed by atoms with Gasteiger partial charge in [0.25, 0.3) is 11.8 Å². The Labute approximate surface area is 339 Å². The highest BCUT2D eigenvalue weighted by Gasteiger charge is 2.47. The number of carbonyl (C=O) groups excluding carboxylic acids is 2. The number of amides is 2. The number of fused-ring (bicyclic) bond motifs is 7. The lowest BCUT2D eigenvalue weighted by atomic mass is 9.75. The number of aliphatic hydroxyl groups is 1. The van der Waals surface area contributed by atoms with Crippen LogP contribution in [0.1, 0.15) is 108 Å². The number of hydrogen-bond acceptors (Lipinski definition) is 8. The van der Waals surface area contributed by atoms with Crippen molar-refractivity contribution in [1.29, 1.82) is 0 Å². The molecule has 5 aliphatic rings. The molecular weight excluding hydrogens is 757 g/mol. The number of nitrogens with zero attached hydrogens (tertiary/aromatic N) is 5. The van der Waals surface area contributed by atoms with Crippen molar-refractivity contribution < 1.29 is 32.6 Å². The van der Waals surface area contributed by atoms with Crippen LogP contribution in [-0.4, -0.2) is 100.0 Å². The zero-order valence-corrected chi connectivity index (χ0v) is 33.9. The standard InChI is InChI=1S/C44H50N6O7S/c1-4-44(53)24-32-11-8-12-33(25-44)50(32)43(52)37-26-45-47(2)40(37)31-21-30-22-34(56-3)14-16-35(30)41-39(28-9-6-5-7-10-28)36-15-13-29(23-38(36)49(41)27-31)42(51)46-58(54,55)48-17-19-57-20-18-48/h1,13-16,21-23,26,28,32-33,53H,5-12,17-20,24-25,27H2,2-3H3,(H,46,51). The van der Waals surface area contributed by atoms with E-state index in [1.54, 1.807) is 30.1 Å². The van der Waals surface area contributed by atoms with Gasteiger partial charge in [0, 0.05) is 67.1 Å². The quantitative estimate of drug-likeness (QED) is 0.234. The molecule has 4 aliphatic heterocycles. The predicted molar refractivity (Wildman–Crippen MR) is 220 cm³/mol. The van der Waals surface area contributed by atoms with Crippen molar-refractivity contribution >= 4 is 44.6 Å². The summed E-state index contributed by atoms with van der Waals surface area (Å²) in [5, 5.41) is 16.8. The Kier molecular flexibility index (Phi) is 9.99. The monoisotopic (exact) mass is 806 g/mol. The van der Waals surface area contributed by atoms with E-state index in [2.05, 4.69) is 32.5 Å². The molecule has 2 aromatic heterocycles. The van der Waals surface area contributed by atoms with Gasteiger partial charge in [0.1, 0.15) is 11.4 Å². The number of aromatic nitrogens is 3. The summed E-state index contributed by atoms with van der Waals surface area (Å²) in [7, 11) is -0.596. The van der Waals surface area contributed by atoms with E-state index in [4.69, 9.17) is 15.9 Å². The highest BCUT2D eigenvalue weighted by atomic mass is 32.2. The second kappa shape index (κ2) is 15.0. The Morgan fingerprint density at radius 1 is 1.00 bits per heavy atom. The molecule has 9 rings (SSSR count). The number of ether oxygens (including phenoxy) is 2. The Hall–Kier alpha value is -4.94. The summed E-state index contributed by atoms with van der Waals surface area (Å²) < 4.78 is 45.2. The number of aryl methyl sites for hydroxylation is 1. The molecule has 0 radical (unpaired) electrons. The zero-order chi connectivity index (χ0) is 40.3. The second-order valence-electron chi connectivity index (χ2n) is 16.6. The van der Waals surface area contributed by atoms with Gasteiger partial charge in [-0.1, -0.05) is 31.2 Å². The van der Waals surface area contributed by atoms with E-state index in [0.717, 1.165) is 78.2 Å². The first kappa shape index (κ1) is 38.6. The van der Waals surface area contributed by atoms with Gasteiger partial charge in [-0.25, -0.2) is 4.72 Å². The molecule has 4 aromatic rings. The maximum Gasteiger partial charge on any atom is 0.304 e. The molecule has 1 saturated carbocycles. The third-order valence-electron chi connectivity index (χ3n) is 13.1. The van der Waals surface area contributed by atoms with Crippen LogP contribution in [0.15, 0.2) is 42.6 Å². The number of piperidine rings is 2. The lowest BCUT2D eigenvalue weighted by molar-refractivity contribution is -0.0462. The second-order valence-corrected chi connectivity index (χ2v) is 18.2. The Morgan fingerprint density at radius 2 is 1.74 bits per heavy atom. The minimum atomic E-state index is -4.09. The molecule has 2 bridgehead atoms. The number of carbonyl (C=O) groups is 2. The summed E-state index contributed by atoms with van der Waals surface area (Å²) in [6.07, 6.45) is 18.2. The largest absolute Gasteiger partial charge is 0.497 e. The van der Waals surface area contributed by atoms with Crippen LogP contribution in [0.25, 0.3) is 33.8 Å². The van der Waals surface area contributed by atoms with Gasteiger partial charge in [-0.3, -0.25) is 14.3 Å². The highest BCUT2D eigenvalue weighted by Crippen LogP contribution is 2.48. The maximum atomic E-state index is 14.8. The number of methoxy groups -OCH3 is 1. The molecule has 304 valence electrons. The number of nitrogens with one attached hydrogen (secondary N) is 1. The summed E-state index contributed by atoms with van der Waals surface area (Å²) in [6, 6.07) is 11.2. The van der Waals surface area contributed by atoms with Crippen LogP contribution in [-0.2, 0) is 28.5 Å². The fraction of sp³-hybridized carbons (Fsp3) is 0.477. The van der Waals surface area contributed by atoms with E-state index in [1.165, 1.54) is 16.3 Å². The van der Waals surface area contributed by atoms with Crippen molar-refractivity contribution in [2.75, 3.05) is 33.4 Å². The molecule has 0 spiro atoms. The molecule has 2 amide bonds. The van der Waals surface area contributed by atoms with Crippen LogP contribution in [0.3, 0.4) is 0 Å². The Bertz CT molecular complexity index is 2470. The summed E-state index contributed by atoms with van der Waals surface area (Å²) in [5.74, 6) is 2.74. The molecule has 2 N–H and O–H groups in total. The molecule has 1 aliphatic carbocycles. The fourth-order valence-electron chi connectivity index (χ4n) is 10.3. The van der Waals surface area contributed by atoms with Crippen LogP contribution >= 0.6 is 0 Å². The highest BCUT2D eigenvalue weighted by molar-refractivity contribution is 7.87. The van der Waals surface area contributed by atoms with E-state index < -0.39 is 21.7 Å². The molecular formula is C44H50N6O7S. The number of benzene rings is 2. The van der Waals surface area contributed by atoms with E-state index >= 15 is 0 Å². The van der Waals surface area contributed by atoms with Gasteiger partial charge in [-0.2, -0.15) is 17.8 Å². The van der Waals surface area contributed by atoms with Gasteiger partial charge in [0.05, 0.1) is 50.0 Å². The third kappa shape index (κ3) is 6.71. The van der Waals surface area contributed by atoms with Gasteiger partial charge in [0.15, 0.2) is 0 Å². The first-order valence-corrected chi connectivity index (χ1v) is 21.9. The topological polar surface area (TPSA) is 148 Å². The molecule has 2 aromatic carbocycles. The predicted octanol–water partition coefficient (Wildman–Crippen LogP) is 5.48. The van der Waals surface area contributed by atoms with E-state index in [1.807, 2.05) is 30.1 Å². The summed E-state index contributed by atoms with van der Waals surface area (Å²) in [6.45, 7) is 1.22. The van der Waals surface area contributed by atoms with Gasteiger partial charge < -0.3 is 24.0 Å². The van der Waals surface area contributed by atoms with Crippen LogP contribution in [0.5, 0.6) is 5.75 Å². The average molecular weight is 807 g/mol.